The summed E-state index contributed by atoms with van der Waals surface area (Å²) in [5.41, 5.74) is 3.15. The van der Waals surface area contributed by atoms with Crippen molar-refractivity contribution in [1.29, 1.82) is 0 Å². The molecule has 3 nitrogen and oxygen atoms in total. The molecule has 1 amide bonds. The maximum absolute atomic E-state index is 12.3. The van der Waals surface area contributed by atoms with Crippen LogP contribution in [0.15, 0.2) is 48.5 Å². The minimum absolute atomic E-state index is 0.0448. The maximum Gasteiger partial charge on any atom is 0.251 e. The molecule has 0 aliphatic heterocycles. The molecule has 3 heteroatoms. The van der Waals surface area contributed by atoms with Gasteiger partial charge in [-0.05, 0) is 47.2 Å². The Kier molecular flexibility index (Phi) is 5.43. The minimum Gasteiger partial charge on any atom is -0.497 e. The highest BCUT2D eigenvalue weighted by Gasteiger charge is 2.13. The Bertz CT molecular complexity index is 654. The molecule has 0 atom stereocenters. The Hall–Kier alpha value is -2.29. The van der Waals surface area contributed by atoms with Crippen LogP contribution in [-0.4, -0.2) is 13.0 Å². The number of amides is 1. The van der Waals surface area contributed by atoms with Crippen LogP contribution in [0.4, 0.5) is 0 Å². The van der Waals surface area contributed by atoms with Crippen LogP contribution in [0.5, 0.6) is 5.75 Å². The van der Waals surface area contributed by atoms with Crippen molar-refractivity contribution in [3.63, 3.8) is 0 Å². The summed E-state index contributed by atoms with van der Waals surface area (Å²) >= 11 is 0. The van der Waals surface area contributed by atoms with Crippen LogP contribution in [0, 0.1) is 5.41 Å². The molecule has 0 fully saturated rings. The number of carbonyl (C=O) groups is 1. The lowest BCUT2D eigenvalue weighted by molar-refractivity contribution is 0.0950. The van der Waals surface area contributed by atoms with Crippen molar-refractivity contribution in [3.05, 3.63) is 65.2 Å². The molecule has 2 rings (SSSR count). The monoisotopic (exact) mass is 311 g/mol. The summed E-state index contributed by atoms with van der Waals surface area (Å²) in [6, 6.07) is 15.6. The third kappa shape index (κ3) is 5.44. The van der Waals surface area contributed by atoms with Gasteiger partial charge >= 0.3 is 0 Å². The number of ether oxygens (including phenoxy) is 1. The van der Waals surface area contributed by atoms with Gasteiger partial charge in [-0.3, -0.25) is 4.79 Å². The normalized spacial score (nSPS) is 11.1. The van der Waals surface area contributed by atoms with Crippen molar-refractivity contribution in [2.45, 2.75) is 33.7 Å². The largest absolute Gasteiger partial charge is 0.497 e. The van der Waals surface area contributed by atoms with E-state index >= 15 is 0 Å². The molecule has 0 unspecified atom stereocenters. The van der Waals surface area contributed by atoms with Crippen LogP contribution in [0.3, 0.4) is 0 Å². The maximum atomic E-state index is 12.3. The molecule has 1 N–H and O–H groups in total. The third-order valence-electron chi connectivity index (χ3n) is 3.54. The first-order chi connectivity index (χ1) is 10.9. The molecule has 23 heavy (non-hydrogen) atoms. The van der Waals surface area contributed by atoms with E-state index in [0.29, 0.717) is 12.1 Å². The molecule has 2 aromatic rings. The molecule has 0 aliphatic carbocycles. The van der Waals surface area contributed by atoms with Crippen molar-refractivity contribution in [2.24, 2.45) is 5.41 Å². The van der Waals surface area contributed by atoms with Gasteiger partial charge in [0.2, 0.25) is 0 Å². The molecule has 0 bridgehead atoms. The zero-order valence-corrected chi connectivity index (χ0v) is 14.3. The summed E-state index contributed by atoms with van der Waals surface area (Å²) in [7, 11) is 1.64. The molecule has 0 spiro atoms. The van der Waals surface area contributed by atoms with E-state index in [9.17, 15) is 4.79 Å². The van der Waals surface area contributed by atoms with Gasteiger partial charge in [0.25, 0.3) is 5.91 Å². The van der Waals surface area contributed by atoms with Crippen LogP contribution in [0.25, 0.3) is 0 Å². The lowest BCUT2D eigenvalue weighted by Crippen LogP contribution is -2.23. The van der Waals surface area contributed by atoms with Gasteiger partial charge in [-0.1, -0.05) is 45.0 Å². The summed E-state index contributed by atoms with van der Waals surface area (Å²) in [6.07, 6.45) is 0.951. The summed E-state index contributed by atoms with van der Waals surface area (Å²) < 4.78 is 5.13. The van der Waals surface area contributed by atoms with E-state index in [1.54, 1.807) is 7.11 Å². The fraction of sp³-hybridized carbons (Fsp3) is 0.350. The van der Waals surface area contributed by atoms with Crippen molar-refractivity contribution in [2.75, 3.05) is 7.11 Å². The Morgan fingerprint density at radius 1 is 1.04 bits per heavy atom. The minimum atomic E-state index is -0.0448. The predicted molar refractivity (Wildman–Crippen MR) is 93.8 cm³/mol. The van der Waals surface area contributed by atoms with Gasteiger partial charge in [0.15, 0.2) is 0 Å². The fourth-order valence-corrected chi connectivity index (χ4v) is 2.46. The van der Waals surface area contributed by atoms with Gasteiger partial charge in [0.1, 0.15) is 5.75 Å². The van der Waals surface area contributed by atoms with E-state index in [0.717, 1.165) is 17.7 Å². The second kappa shape index (κ2) is 7.32. The first-order valence-electron chi connectivity index (χ1n) is 7.87. The quantitative estimate of drug-likeness (QED) is 0.898. The SMILES string of the molecule is COc1ccc(CNC(=O)c2cccc(CC(C)(C)C)c2)cc1. The van der Waals surface area contributed by atoms with Gasteiger partial charge in [-0.2, -0.15) is 0 Å². The second-order valence-electron chi connectivity index (χ2n) is 6.97. The van der Waals surface area contributed by atoms with Crippen molar-refractivity contribution in [1.82, 2.24) is 5.32 Å². The highest BCUT2D eigenvalue weighted by molar-refractivity contribution is 5.94. The number of hydrogen-bond acceptors (Lipinski definition) is 2. The molecule has 122 valence electrons. The average molecular weight is 311 g/mol. The van der Waals surface area contributed by atoms with Gasteiger partial charge in [0, 0.05) is 12.1 Å². The predicted octanol–water partition coefficient (Wildman–Crippen LogP) is 4.21. The van der Waals surface area contributed by atoms with Crippen LogP contribution >= 0.6 is 0 Å². The topological polar surface area (TPSA) is 38.3 Å². The summed E-state index contributed by atoms with van der Waals surface area (Å²) in [5.74, 6) is 0.770. The lowest BCUT2D eigenvalue weighted by Gasteiger charge is -2.18. The van der Waals surface area contributed by atoms with Gasteiger partial charge in [0.05, 0.1) is 7.11 Å². The van der Waals surface area contributed by atoms with Crippen LogP contribution in [-0.2, 0) is 13.0 Å². The third-order valence-corrected chi connectivity index (χ3v) is 3.54. The lowest BCUT2D eigenvalue weighted by atomic mass is 9.87. The summed E-state index contributed by atoms with van der Waals surface area (Å²) in [5, 5.41) is 2.96. The molecule has 0 saturated carbocycles. The molecule has 0 aromatic heterocycles. The van der Waals surface area contributed by atoms with E-state index < -0.39 is 0 Å². The van der Waals surface area contributed by atoms with E-state index in [1.165, 1.54) is 5.56 Å². The first-order valence-corrected chi connectivity index (χ1v) is 7.87. The number of hydrogen-bond donors (Lipinski definition) is 1. The average Bonchev–Trinajstić information content (AvgIpc) is 2.51. The Balaban J connectivity index is 1.98. The number of rotatable bonds is 5. The molecule has 0 radical (unpaired) electrons. The van der Waals surface area contributed by atoms with E-state index in [-0.39, 0.29) is 11.3 Å². The van der Waals surface area contributed by atoms with Crippen LogP contribution in [0.2, 0.25) is 0 Å². The number of methoxy groups -OCH3 is 1. The van der Waals surface area contributed by atoms with Crippen molar-refractivity contribution < 1.29 is 9.53 Å². The second-order valence-corrected chi connectivity index (χ2v) is 6.97. The first kappa shape index (κ1) is 17.1. The van der Waals surface area contributed by atoms with Crippen molar-refractivity contribution >= 4 is 5.91 Å². The molecule has 0 aliphatic rings. The highest BCUT2D eigenvalue weighted by atomic mass is 16.5. The van der Waals surface area contributed by atoms with Crippen LogP contribution < -0.4 is 10.1 Å². The van der Waals surface area contributed by atoms with E-state index in [2.05, 4.69) is 32.2 Å². The number of nitrogens with one attached hydrogen (secondary N) is 1. The molecule has 2 aromatic carbocycles. The molecular formula is C20H25NO2. The molecule has 0 saturated heterocycles. The van der Waals surface area contributed by atoms with Gasteiger partial charge < -0.3 is 10.1 Å². The van der Waals surface area contributed by atoms with Crippen LogP contribution in [0.1, 0.15) is 42.3 Å². The number of benzene rings is 2. The zero-order chi connectivity index (χ0) is 16.9. The van der Waals surface area contributed by atoms with Gasteiger partial charge in [-0.15, -0.1) is 0 Å². The van der Waals surface area contributed by atoms with Crippen molar-refractivity contribution in [3.8, 4) is 5.75 Å². The van der Waals surface area contributed by atoms with Gasteiger partial charge in [-0.25, -0.2) is 0 Å². The van der Waals surface area contributed by atoms with E-state index in [1.807, 2.05) is 42.5 Å². The molecular weight excluding hydrogens is 286 g/mol. The Morgan fingerprint density at radius 2 is 1.74 bits per heavy atom. The Labute approximate surface area is 138 Å². The zero-order valence-electron chi connectivity index (χ0n) is 14.3. The Morgan fingerprint density at radius 3 is 2.35 bits per heavy atom. The summed E-state index contributed by atoms with van der Waals surface area (Å²) in [4.78, 5) is 12.3. The molecule has 0 heterocycles. The highest BCUT2D eigenvalue weighted by Crippen LogP contribution is 2.21. The van der Waals surface area contributed by atoms with E-state index in [4.69, 9.17) is 4.74 Å². The standard InChI is InChI=1S/C20H25NO2/c1-20(2,3)13-16-6-5-7-17(12-16)19(22)21-14-15-8-10-18(23-4)11-9-15/h5-12H,13-14H2,1-4H3,(H,21,22). The smallest absolute Gasteiger partial charge is 0.251 e. The summed E-state index contributed by atoms with van der Waals surface area (Å²) in [6.45, 7) is 7.10. The fourth-order valence-electron chi connectivity index (χ4n) is 2.46. The number of carbonyl (C=O) groups excluding carboxylic acids is 1.